The molecule has 2 rings (SSSR count). The van der Waals surface area contributed by atoms with Crippen molar-refractivity contribution in [3.8, 4) is 0 Å². The lowest BCUT2D eigenvalue weighted by Gasteiger charge is -2.09. The minimum absolute atomic E-state index is 0.282. The number of aromatic nitrogens is 3. The molecule has 5 nitrogen and oxygen atoms in total. The van der Waals surface area contributed by atoms with E-state index in [1.54, 1.807) is 6.26 Å². The molecular formula is C13H18N4OS. The lowest BCUT2D eigenvalue weighted by molar-refractivity contribution is 0.453. The van der Waals surface area contributed by atoms with Crippen molar-refractivity contribution in [1.29, 1.82) is 0 Å². The fraction of sp³-hybridized carbons (Fsp3) is 0.462. The molecule has 0 unspecified atom stereocenters. The van der Waals surface area contributed by atoms with Gasteiger partial charge in [0.05, 0.1) is 5.69 Å². The van der Waals surface area contributed by atoms with Crippen LogP contribution >= 0.6 is 11.8 Å². The maximum Gasteiger partial charge on any atom is 0.262 e. The van der Waals surface area contributed by atoms with Crippen LogP contribution in [0.1, 0.15) is 38.2 Å². The Morgan fingerprint density at radius 2 is 2.11 bits per heavy atom. The van der Waals surface area contributed by atoms with Crippen LogP contribution in [-0.2, 0) is 0 Å². The van der Waals surface area contributed by atoms with Crippen LogP contribution in [0.5, 0.6) is 0 Å². The fourth-order valence-corrected chi connectivity index (χ4v) is 2.27. The monoisotopic (exact) mass is 278 g/mol. The first-order valence-corrected chi connectivity index (χ1v) is 7.13. The van der Waals surface area contributed by atoms with Crippen LogP contribution < -0.4 is 5.32 Å². The smallest absolute Gasteiger partial charge is 0.262 e. The molecule has 0 aromatic carbocycles. The van der Waals surface area contributed by atoms with Crippen molar-refractivity contribution in [2.24, 2.45) is 0 Å². The van der Waals surface area contributed by atoms with E-state index in [1.165, 1.54) is 11.8 Å². The molecule has 0 aliphatic rings. The molecule has 0 bridgehead atoms. The Morgan fingerprint density at radius 3 is 2.68 bits per heavy atom. The summed E-state index contributed by atoms with van der Waals surface area (Å²) >= 11 is 1.41. The highest BCUT2D eigenvalue weighted by atomic mass is 32.2. The van der Waals surface area contributed by atoms with E-state index in [-0.39, 0.29) is 5.92 Å². The maximum atomic E-state index is 5.34. The summed E-state index contributed by atoms with van der Waals surface area (Å²) in [6.07, 6.45) is 1.64. The van der Waals surface area contributed by atoms with Gasteiger partial charge in [0.15, 0.2) is 0 Å². The molecule has 102 valence electrons. The van der Waals surface area contributed by atoms with Crippen molar-refractivity contribution in [3.05, 3.63) is 23.8 Å². The largest absolute Gasteiger partial charge is 0.439 e. The van der Waals surface area contributed by atoms with E-state index in [4.69, 9.17) is 4.42 Å². The van der Waals surface area contributed by atoms with Crippen LogP contribution in [0.3, 0.4) is 0 Å². The molecule has 2 aromatic rings. The summed E-state index contributed by atoms with van der Waals surface area (Å²) in [6, 6.07) is 1.92. The van der Waals surface area contributed by atoms with Gasteiger partial charge in [-0.1, -0.05) is 13.8 Å². The maximum absolute atomic E-state index is 5.34. The first kappa shape index (κ1) is 13.9. The number of hydrogen-bond donors (Lipinski definition) is 1. The normalized spacial score (nSPS) is 11.0. The van der Waals surface area contributed by atoms with Gasteiger partial charge in [0.2, 0.25) is 0 Å². The van der Waals surface area contributed by atoms with Crippen molar-refractivity contribution < 1.29 is 4.42 Å². The molecule has 2 heterocycles. The highest BCUT2D eigenvalue weighted by Crippen LogP contribution is 2.27. The predicted molar refractivity (Wildman–Crippen MR) is 75.6 cm³/mol. The second kappa shape index (κ2) is 6.06. The third-order valence-electron chi connectivity index (χ3n) is 2.38. The van der Waals surface area contributed by atoms with Crippen LogP contribution in [0.15, 0.2) is 27.0 Å². The summed E-state index contributed by atoms with van der Waals surface area (Å²) in [5.74, 6) is 1.94. The van der Waals surface area contributed by atoms with Gasteiger partial charge in [-0.2, -0.15) is 0 Å². The molecule has 0 saturated heterocycles. The van der Waals surface area contributed by atoms with Crippen LogP contribution in [0.4, 0.5) is 5.82 Å². The fourth-order valence-electron chi connectivity index (χ4n) is 1.49. The minimum atomic E-state index is 0.282. The van der Waals surface area contributed by atoms with E-state index in [9.17, 15) is 0 Å². The van der Waals surface area contributed by atoms with Crippen molar-refractivity contribution in [1.82, 2.24) is 15.0 Å². The Balaban J connectivity index is 2.27. The Bertz CT molecular complexity index is 553. The van der Waals surface area contributed by atoms with E-state index in [0.29, 0.717) is 5.22 Å². The van der Waals surface area contributed by atoms with Crippen LogP contribution in [0, 0.1) is 6.92 Å². The molecule has 0 amide bonds. The number of nitrogens with one attached hydrogen (secondary N) is 1. The molecule has 6 heteroatoms. The van der Waals surface area contributed by atoms with E-state index >= 15 is 0 Å². The van der Waals surface area contributed by atoms with Gasteiger partial charge in [-0.3, -0.25) is 0 Å². The minimum Gasteiger partial charge on any atom is -0.439 e. The molecular weight excluding hydrogens is 260 g/mol. The second-order valence-corrected chi connectivity index (χ2v) is 5.46. The topological polar surface area (TPSA) is 63.8 Å². The number of aryl methyl sites for hydroxylation is 1. The van der Waals surface area contributed by atoms with E-state index in [1.807, 2.05) is 19.9 Å². The standard InChI is InChI=1S/C13H18N4OS/c1-5-14-10-6-11(17-12(16-10)8(2)3)19-13-15-9(4)7-18-13/h6-8H,5H2,1-4H3,(H,14,16,17). The highest BCUT2D eigenvalue weighted by Gasteiger charge is 2.11. The van der Waals surface area contributed by atoms with Gasteiger partial charge in [0, 0.05) is 18.5 Å². The zero-order valence-corrected chi connectivity index (χ0v) is 12.4. The number of nitrogens with zero attached hydrogens (tertiary/aromatic N) is 3. The summed E-state index contributed by atoms with van der Waals surface area (Å²) in [5.41, 5.74) is 0.868. The van der Waals surface area contributed by atoms with Crippen molar-refractivity contribution in [2.45, 2.75) is 43.9 Å². The molecule has 0 radical (unpaired) electrons. The summed E-state index contributed by atoms with van der Waals surface area (Å²) in [6.45, 7) is 8.93. The Kier molecular flexibility index (Phi) is 4.42. The lowest BCUT2D eigenvalue weighted by Crippen LogP contribution is -2.05. The first-order valence-electron chi connectivity index (χ1n) is 6.31. The molecule has 0 fully saturated rings. The predicted octanol–water partition coefficient (Wildman–Crippen LogP) is 3.48. The van der Waals surface area contributed by atoms with Gasteiger partial charge in [-0.25, -0.2) is 15.0 Å². The van der Waals surface area contributed by atoms with Gasteiger partial charge in [-0.15, -0.1) is 0 Å². The van der Waals surface area contributed by atoms with Crippen molar-refractivity contribution in [3.63, 3.8) is 0 Å². The highest BCUT2D eigenvalue weighted by molar-refractivity contribution is 7.99. The van der Waals surface area contributed by atoms with E-state index < -0.39 is 0 Å². The number of anilines is 1. The molecule has 1 N–H and O–H groups in total. The van der Waals surface area contributed by atoms with Gasteiger partial charge >= 0.3 is 0 Å². The average molecular weight is 278 g/mol. The summed E-state index contributed by atoms with van der Waals surface area (Å²) in [4.78, 5) is 13.3. The van der Waals surface area contributed by atoms with Gasteiger partial charge in [0.1, 0.15) is 22.9 Å². The number of oxazole rings is 1. The zero-order valence-electron chi connectivity index (χ0n) is 11.6. The molecule has 0 aliphatic carbocycles. The lowest BCUT2D eigenvalue weighted by atomic mass is 10.2. The Labute approximate surface area is 117 Å². The van der Waals surface area contributed by atoms with Crippen LogP contribution in [0.2, 0.25) is 0 Å². The third-order valence-corrected chi connectivity index (χ3v) is 3.16. The molecule has 0 spiro atoms. The van der Waals surface area contributed by atoms with Crippen molar-refractivity contribution in [2.75, 3.05) is 11.9 Å². The molecule has 0 atom stereocenters. The van der Waals surface area contributed by atoms with E-state index in [2.05, 4.69) is 34.1 Å². The van der Waals surface area contributed by atoms with Crippen molar-refractivity contribution >= 4 is 17.6 Å². The quantitative estimate of drug-likeness (QED) is 0.845. The molecule has 0 saturated carbocycles. The third kappa shape index (κ3) is 3.70. The first-order chi connectivity index (χ1) is 9.08. The van der Waals surface area contributed by atoms with Gasteiger partial charge in [0.25, 0.3) is 5.22 Å². The van der Waals surface area contributed by atoms with Gasteiger partial charge < -0.3 is 9.73 Å². The summed E-state index contributed by atoms with van der Waals surface area (Å²) in [7, 11) is 0. The number of hydrogen-bond acceptors (Lipinski definition) is 6. The average Bonchev–Trinajstić information content (AvgIpc) is 2.75. The van der Waals surface area contributed by atoms with Crippen LogP contribution in [0.25, 0.3) is 0 Å². The van der Waals surface area contributed by atoms with Crippen LogP contribution in [-0.4, -0.2) is 21.5 Å². The van der Waals surface area contributed by atoms with E-state index in [0.717, 1.165) is 28.9 Å². The zero-order chi connectivity index (χ0) is 13.8. The Hall–Kier alpha value is -1.56. The van der Waals surface area contributed by atoms with Gasteiger partial charge in [-0.05, 0) is 25.6 Å². The molecule has 19 heavy (non-hydrogen) atoms. The SMILES string of the molecule is CCNc1cc(Sc2nc(C)co2)nc(C(C)C)n1. The number of rotatable bonds is 5. The molecule has 0 aliphatic heterocycles. The summed E-state index contributed by atoms with van der Waals surface area (Å²) < 4.78 is 5.34. The molecule has 2 aromatic heterocycles. The second-order valence-electron chi connectivity index (χ2n) is 4.49. The Morgan fingerprint density at radius 1 is 1.32 bits per heavy atom. The summed E-state index contributed by atoms with van der Waals surface area (Å²) in [5, 5.41) is 4.67.